The van der Waals surface area contributed by atoms with Gasteiger partial charge in [-0.05, 0) is 0 Å². The summed E-state index contributed by atoms with van der Waals surface area (Å²) in [5, 5.41) is 8.28. The minimum atomic E-state index is -1.20. The van der Waals surface area contributed by atoms with Gasteiger partial charge in [0.2, 0.25) is 0 Å². The summed E-state index contributed by atoms with van der Waals surface area (Å²) >= 11 is 0. The highest BCUT2D eigenvalue weighted by atomic mass is 28.3. The summed E-state index contributed by atoms with van der Waals surface area (Å²) in [6.45, 7) is 6.45. The first-order chi connectivity index (χ1) is 3.56. The molecule has 0 saturated carbocycles. The van der Waals surface area contributed by atoms with Crippen LogP contribution in [0.5, 0.6) is 0 Å². The summed E-state index contributed by atoms with van der Waals surface area (Å²) in [5.74, 6) is 2.66. The molecule has 0 spiro atoms. The second-order valence-corrected chi connectivity index (χ2v) is 7.46. The number of hydrogen-bond donors (Lipinski definition) is 1. The Kier molecular flexibility index (Phi) is 2.81. The summed E-state index contributed by atoms with van der Waals surface area (Å²) in [4.78, 5) is 0. The largest absolute Gasteiger partial charge is 0.384 e. The van der Waals surface area contributed by atoms with Gasteiger partial charge in [-0.15, -0.1) is 5.54 Å². The fraction of sp³-hybridized carbons (Fsp3) is 0.667. The molecule has 0 amide bonds. The maximum absolute atomic E-state index is 8.28. The van der Waals surface area contributed by atoms with E-state index in [4.69, 9.17) is 5.11 Å². The predicted molar refractivity (Wildman–Crippen MR) is 38.2 cm³/mol. The first-order valence-electron chi connectivity index (χ1n) is 2.67. The topological polar surface area (TPSA) is 20.2 Å². The molecule has 8 heavy (non-hydrogen) atoms. The molecule has 0 aliphatic heterocycles. The van der Waals surface area contributed by atoms with Crippen LogP contribution in [-0.4, -0.2) is 19.8 Å². The van der Waals surface area contributed by atoms with Crippen LogP contribution in [-0.2, 0) is 0 Å². The number of aliphatic hydroxyl groups is 1. The smallest absolute Gasteiger partial charge is 0.129 e. The fourth-order valence-corrected chi connectivity index (χ4v) is 0.914. The Hall–Kier alpha value is -0.263. The Morgan fingerprint density at radius 3 is 2.00 bits per heavy atom. The number of hydrogen-bond acceptors (Lipinski definition) is 1. The van der Waals surface area contributed by atoms with E-state index in [9.17, 15) is 0 Å². The highest BCUT2D eigenvalue weighted by molar-refractivity contribution is 6.83. The molecule has 0 aliphatic carbocycles. The lowest BCUT2D eigenvalue weighted by Gasteiger charge is -2.02. The zero-order chi connectivity index (χ0) is 6.62. The SMILES string of the molecule is C[Si](C)(C)C#CCO. The molecule has 0 aromatic heterocycles. The van der Waals surface area contributed by atoms with E-state index >= 15 is 0 Å². The second-order valence-electron chi connectivity index (χ2n) is 2.71. The summed E-state index contributed by atoms with van der Waals surface area (Å²) in [5.41, 5.74) is 3.01. The van der Waals surface area contributed by atoms with Crippen LogP contribution in [0, 0.1) is 11.5 Å². The molecular formula is C6H12OSi. The minimum Gasteiger partial charge on any atom is -0.384 e. The predicted octanol–water partition coefficient (Wildman–Crippen LogP) is 0.859. The molecule has 0 aromatic rings. The lowest BCUT2D eigenvalue weighted by Crippen LogP contribution is -2.16. The Balaban J connectivity index is 3.69. The van der Waals surface area contributed by atoms with Gasteiger partial charge in [-0.1, -0.05) is 25.6 Å². The third-order valence-corrected chi connectivity index (χ3v) is 1.47. The van der Waals surface area contributed by atoms with E-state index in [0.717, 1.165) is 0 Å². The van der Waals surface area contributed by atoms with Crippen molar-refractivity contribution in [2.24, 2.45) is 0 Å². The van der Waals surface area contributed by atoms with Crippen molar-refractivity contribution in [2.45, 2.75) is 19.6 Å². The first-order valence-corrected chi connectivity index (χ1v) is 6.17. The van der Waals surface area contributed by atoms with E-state index in [0.29, 0.717) is 0 Å². The highest BCUT2D eigenvalue weighted by Crippen LogP contribution is 1.95. The average molecular weight is 128 g/mol. The van der Waals surface area contributed by atoms with E-state index in [1.807, 2.05) is 0 Å². The van der Waals surface area contributed by atoms with Crippen molar-refractivity contribution in [3.63, 3.8) is 0 Å². The molecule has 0 aromatic carbocycles. The molecule has 0 unspecified atom stereocenters. The van der Waals surface area contributed by atoms with Crippen molar-refractivity contribution >= 4 is 8.07 Å². The standard InChI is InChI=1S/C6H12OSi/c1-8(2,3)6-4-5-7/h7H,5H2,1-3H3. The first kappa shape index (κ1) is 7.74. The minimum absolute atomic E-state index is 0.00424. The van der Waals surface area contributed by atoms with E-state index < -0.39 is 8.07 Å². The molecule has 1 N–H and O–H groups in total. The van der Waals surface area contributed by atoms with Gasteiger partial charge in [-0.25, -0.2) is 0 Å². The third kappa shape index (κ3) is 5.74. The van der Waals surface area contributed by atoms with Crippen molar-refractivity contribution < 1.29 is 5.11 Å². The van der Waals surface area contributed by atoms with Crippen molar-refractivity contribution in [3.8, 4) is 11.5 Å². The molecule has 0 saturated heterocycles. The van der Waals surface area contributed by atoms with Gasteiger partial charge in [0, 0.05) is 0 Å². The van der Waals surface area contributed by atoms with E-state index in [-0.39, 0.29) is 6.61 Å². The quantitative estimate of drug-likeness (QED) is 0.379. The molecule has 2 heteroatoms. The van der Waals surface area contributed by atoms with E-state index in [1.165, 1.54) is 0 Å². The van der Waals surface area contributed by atoms with Crippen LogP contribution in [0.4, 0.5) is 0 Å². The molecule has 0 bridgehead atoms. The molecule has 0 rings (SSSR count). The van der Waals surface area contributed by atoms with Gasteiger partial charge in [0.15, 0.2) is 0 Å². The molecule has 46 valence electrons. The summed E-state index contributed by atoms with van der Waals surface area (Å²) < 4.78 is 0. The van der Waals surface area contributed by atoms with E-state index in [1.54, 1.807) is 0 Å². The van der Waals surface area contributed by atoms with Gasteiger partial charge in [-0.3, -0.25) is 0 Å². The van der Waals surface area contributed by atoms with Crippen molar-refractivity contribution in [1.29, 1.82) is 0 Å². The van der Waals surface area contributed by atoms with Gasteiger partial charge in [0.25, 0.3) is 0 Å². The lowest BCUT2D eigenvalue weighted by molar-refractivity contribution is 0.350. The van der Waals surface area contributed by atoms with Crippen LogP contribution in [0.15, 0.2) is 0 Å². The van der Waals surface area contributed by atoms with Gasteiger partial charge in [0.1, 0.15) is 14.7 Å². The van der Waals surface area contributed by atoms with Crippen LogP contribution in [0.2, 0.25) is 19.6 Å². The third-order valence-electron chi connectivity index (χ3n) is 0.542. The van der Waals surface area contributed by atoms with Crippen molar-refractivity contribution in [3.05, 3.63) is 0 Å². The molecular weight excluding hydrogens is 116 g/mol. The highest BCUT2D eigenvalue weighted by Gasteiger charge is 2.06. The zero-order valence-corrected chi connectivity index (χ0v) is 6.65. The van der Waals surface area contributed by atoms with Crippen molar-refractivity contribution in [1.82, 2.24) is 0 Å². The molecule has 0 fully saturated rings. The maximum Gasteiger partial charge on any atom is 0.129 e. The maximum atomic E-state index is 8.28. The van der Waals surface area contributed by atoms with Gasteiger partial charge < -0.3 is 5.11 Å². The van der Waals surface area contributed by atoms with E-state index in [2.05, 4.69) is 31.1 Å². The molecule has 0 atom stereocenters. The number of rotatable bonds is 0. The zero-order valence-electron chi connectivity index (χ0n) is 5.65. The van der Waals surface area contributed by atoms with Gasteiger partial charge in [-0.2, -0.15) is 0 Å². The van der Waals surface area contributed by atoms with Crippen LogP contribution in [0.3, 0.4) is 0 Å². The summed E-state index contributed by atoms with van der Waals surface area (Å²) in [6.07, 6.45) is 0. The Morgan fingerprint density at radius 1 is 1.38 bits per heavy atom. The summed E-state index contributed by atoms with van der Waals surface area (Å²) in [7, 11) is -1.20. The normalized spacial score (nSPS) is 10.0. The fourth-order valence-electron chi connectivity index (χ4n) is 0.305. The Bertz CT molecular complexity index is 113. The van der Waals surface area contributed by atoms with Gasteiger partial charge in [0.05, 0.1) is 0 Å². The van der Waals surface area contributed by atoms with Crippen LogP contribution < -0.4 is 0 Å². The molecule has 0 heterocycles. The molecule has 0 radical (unpaired) electrons. The number of aliphatic hydroxyl groups excluding tert-OH is 1. The Labute approximate surface area is 51.7 Å². The summed E-state index contributed by atoms with van der Waals surface area (Å²) in [6, 6.07) is 0. The lowest BCUT2D eigenvalue weighted by atomic mass is 10.8. The monoisotopic (exact) mass is 128 g/mol. The Morgan fingerprint density at radius 2 is 1.88 bits per heavy atom. The van der Waals surface area contributed by atoms with Crippen LogP contribution in [0.25, 0.3) is 0 Å². The van der Waals surface area contributed by atoms with Gasteiger partial charge >= 0.3 is 0 Å². The molecule has 0 aliphatic rings. The average Bonchev–Trinajstić information content (AvgIpc) is 1.59. The van der Waals surface area contributed by atoms with Crippen LogP contribution in [0.1, 0.15) is 0 Å². The second kappa shape index (κ2) is 2.90. The molecule has 1 nitrogen and oxygen atoms in total. The van der Waals surface area contributed by atoms with Crippen molar-refractivity contribution in [2.75, 3.05) is 6.61 Å². The van der Waals surface area contributed by atoms with Crippen LogP contribution >= 0.6 is 0 Å².